The molecular formula is C13H17NO5. The van der Waals surface area contributed by atoms with Gasteiger partial charge in [0.25, 0.3) is 5.91 Å². The number of carboxylic acids is 1. The Labute approximate surface area is 111 Å². The van der Waals surface area contributed by atoms with E-state index in [9.17, 15) is 9.59 Å². The second-order valence-electron chi connectivity index (χ2n) is 3.93. The molecule has 0 heterocycles. The van der Waals surface area contributed by atoms with Crippen LogP contribution in [0.15, 0.2) is 24.3 Å². The van der Waals surface area contributed by atoms with Crippen molar-refractivity contribution in [3.05, 3.63) is 29.8 Å². The molecule has 0 fully saturated rings. The van der Waals surface area contributed by atoms with Gasteiger partial charge in [0.05, 0.1) is 6.61 Å². The summed E-state index contributed by atoms with van der Waals surface area (Å²) in [6.07, 6.45) is 0.914. The summed E-state index contributed by atoms with van der Waals surface area (Å²) in [5.74, 6) is -1.35. The predicted molar refractivity (Wildman–Crippen MR) is 68.0 cm³/mol. The van der Waals surface area contributed by atoms with Crippen LogP contribution in [0.5, 0.6) is 5.75 Å². The molecule has 0 bridgehead atoms. The summed E-state index contributed by atoms with van der Waals surface area (Å²) in [7, 11) is 0. The third-order valence-electron chi connectivity index (χ3n) is 2.52. The highest BCUT2D eigenvalue weighted by Gasteiger charge is 2.18. The van der Waals surface area contributed by atoms with Crippen molar-refractivity contribution in [2.75, 3.05) is 13.2 Å². The van der Waals surface area contributed by atoms with Gasteiger partial charge in [-0.05, 0) is 24.1 Å². The van der Waals surface area contributed by atoms with Gasteiger partial charge in [-0.15, -0.1) is 0 Å². The molecule has 1 atom stereocenters. The molecule has 0 aromatic heterocycles. The van der Waals surface area contributed by atoms with Crippen LogP contribution in [0.4, 0.5) is 0 Å². The average molecular weight is 267 g/mol. The van der Waals surface area contributed by atoms with Crippen LogP contribution in [0.1, 0.15) is 12.5 Å². The van der Waals surface area contributed by atoms with Crippen molar-refractivity contribution in [3.8, 4) is 5.75 Å². The topological polar surface area (TPSA) is 95.9 Å². The van der Waals surface area contributed by atoms with Crippen LogP contribution in [-0.4, -0.2) is 41.3 Å². The summed E-state index contributed by atoms with van der Waals surface area (Å²) in [6.45, 7) is 1.08. The lowest BCUT2D eigenvalue weighted by molar-refractivity contribution is -0.143. The van der Waals surface area contributed by atoms with Gasteiger partial charge in [-0.2, -0.15) is 0 Å². The molecule has 6 nitrogen and oxygen atoms in total. The Kier molecular flexibility index (Phi) is 5.81. The zero-order chi connectivity index (χ0) is 14.3. The number of amides is 1. The molecule has 0 saturated heterocycles. The molecule has 1 aromatic rings. The van der Waals surface area contributed by atoms with Gasteiger partial charge in [0.1, 0.15) is 11.8 Å². The smallest absolute Gasteiger partial charge is 0.328 e. The third-order valence-corrected chi connectivity index (χ3v) is 2.52. The van der Waals surface area contributed by atoms with E-state index in [1.165, 1.54) is 0 Å². The van der Waals surface area contributed by atoms with Crippen LogP contribution in [0.3, 0.4) is 0 Å². The van der Waals surface area contributed by atoms with Crippen LogP contribution < -0.4 is 10.1 Å². The van der Waals surface area contributed by atoms with Gasteiger partial charge in [0.15, 0.2) is 6.61 Å². The van der Waals surface area contributed by atoms with Crippen molar-refractivity contribution >= 4 is 11.9 Å². The molecule has 0 spiro atoms. The maximum absolute atomic E-state index is 11.4. The van der Waals surface area contributed by atoms with E-state index in [1.54, 1.807) is 12.1 Å². The molecule has 0 aliphatic heterocycles. The van der Waals surface area contributed by atoms with E-state index in [1.807, 2.05) is 19.1 Å². The fraction of sp³-hybridized carbons (Fsp3) is 0.385. The number of aryl methyl sites for hydroxylation is 1. The zero-order valence-electron chi connectivity index (χ0n) is 10.6. The van der Waals surface area contributed by atoms with Crippen molar-refractivity contribution in [3.63, 3.8) is 0 Å². The molecule has 6 heteroatoms. The summed E-state index contributed by atoms with van der Waals surface area (Å²) in [5, 5.41) is 19.5. The van der Waals surface area contributed by atoms with Gasteiger partial charge in [0, 0.05) is 0 Å². The molecule has 0 radical (unpaired) electrons. The first-order valence-electron chi connectivity index (χ1n) is 5.91. The quantitative estimate of drug-likeness (QED) is 0.655. The van der Waals surface area contributed by atoms with Crippen molar-refractivity contribution in [1.29, 1.82) is 0 Å². The highest BCUT2D eigenvalue weighted by Crippen LogP contribution is 2.12. The maximum Gasteiger partial charge on any atom is 0.328 e. The van der Waals surface area contributed by atoms with E-state index in [4.69, 9.17) is 14.9 Å². The van der Waals surface area contributed by atoms with Gasteiger partial charge in [0.2, 0.25) is 0 Å². The van der Waals surface area contributed by atoms with Gasteiger partial charge in [-0.25, -0.2) is 4.79 Å². The van der Waals surface area contributed by atoms with Crippen LogP contribution in [0, 0.1) is 0 Å². The summed E-state index contributed by atoms with van der Waals surface area (Å²) < 4.78 is 5.21. The lowest BCUT2D eigenvalue weighted by atomic mass is 10.2. The number of hydrogen-bond donors (Lipinski definition) is 3. The van der Waals surface area contributed by atoms with E-state index in [0.717, 1.165) is 12.0 Å². The molecule has 1 amide bonds. The number of aliphatic hydroxyl groups is 1. The number of benzene rings is 1. The number of aliphatic carboxylic acids is 1. The Morgan fingerprint density at radius 3 is 2.42 bits per heavy atom. The Morgan fingerprint density at radius 1 is 1.32 bits per heavy atom. The lowest BCUT2D eigenvalue weighted by Gasteiger charge is -2.12. The molecule has 19 heavy (non-hydrogen) atoms. The molecule has 3 N–H and O–H groups in total. The standard InChI is InChI=1S/C13H17NO5/c1-2-9-3-5-10(6-4-9)19-8-12(16)14-11(7-15)13(17)18/h3-6,11,15H,2,7-8H2,1H3,(H,14,16)(H,17,18)/t11-/m1/s1. The van der Waals surface area contributed by atoms with E-state index >= 15 is 0 Å². The average Bonchev–Trinajstić information content (AvgIpc) is 2.42. The Morgan fingerprint density at radius 2 is 1.95 bits per heavy atom. The minimum Gasteiger partial charge on any atom is -0.484 e. The van der Waals surface area contributed by atoms with E-state index < -0.39 is 24.5 Å². The number of carboxylic acid groups (broad SMARTS) is 1. The van der Waals surface area contributed by atoms with Crippen LogP contribution in [0.2, 0.25) is 0 Å². The van der Waals surface area contributed by atoms with Crippen molar-refractivity contribution < 1.29 is 24.5 Å². The highest BCUT2D eigenvalue weighted by atomic mass is 16.5. The van der Waals surface area contributed by atoms with E-state index in [2.05, 4.69) is 5.32 Å². The maximum atomic E-state index is 11.4. The number of rotatable bonds is 7. The molecule has 104 valence electrons. The van der Waals surface area contributed by atoms with Crippen molar-refractivity contribution in [2.45, 2.75) is 19.4 Å². The monoisotopic (exact) mass is 267 g/mol. The first-order valence-corrected chi connectivity index (χ1v) is 5.91. The van der Waals surface area contributed by atoms with Gasteiger partial charge < -0.3 is 20.3 Å². The Hall–Kier alpha value is -2.08. The number of hydrogen-bond acceptors (Lipinski definition) is 4. The predicted octanol–water partition coefficient (Wildman–Crippen LogP) is 0.189. The number of nitrogens with one attached hydrogen (secondary N) is 1. The molecule has 1 rings (SSSR count). The molecular weight excluding hydrogens is 250 g/mol. The summed E-state index contributed by atoms with van der Waals surface area (Å²) in [6, 6.07) is 5.96. The molecule has 1 aromatic carbocycles. The summed E-state index contributed by atoms with van der Waals surface area (Å²) in [4.78, 5) is 22.0. The van der Waals surface area contributed by atoms with Crippen LogP contribution in [-0.2, 0) is 16.0 Å². The molecule has 0 saturated carbocycles. The van der Waals surface area contributed by atoms with E-state index in [0.29, 0.717) is 5.75 Å². The lowest BCUT2D eigenvalue weighted by Crippen LogP contribution is -2.45. The second kappa shape index (κ2) is 7.38. The second-order valence-corrected chi connectivity index (χ2v) is 3.93. The minimum absolute atomic E-state index is 0.296. The SMILES string of the molecule is CCc1ccc(OCC(=O)N[C@H](CO)C(=O)O)cc1. The number of carbonyl (C=O) groups excluding carboxylic acids is 1. The molecule has 0 unspecified atom stereocenters. The van der Waals surface area contributed by atoms with Crippen LogP contribution in [0.25, 0.3) is 0 Å². The fourth-order valence-corrected chi connectivity index (χ4v) is 1.39. The largest absolute Gasteiger partial charge is 0.484 e. The summed E-state index contributed by atoms with van der Waals surface area (Å²) in [5.41, 5.74) is 1.16. The third kappa shape index (κ3) is 4.97. The Bertz CT molecular complexity index is 429. The number of aliphatic hydroxyl groups excluding tert-OH is 1. The van der Waals surface area contributed by atoms with Crippen LogP contribution >= 0.6 is 0 Å². The van der Waals surface area contributed by atoms with Gasteiger partial charge in [-0.3, -0.25) is 4.79 Å². The minimum atomic E-state index is -1.31. The molecule has 0 aliphatic rings. The van der Waals surface area contributed by atoms with Crippen molar-refractivity contribution in [1.82, 2.24) is 5.32 Å². The number of carbonyl (C=O) groups is 2. The highest BCUT2D eigenvalue weighted by molar-refractivity contribution is 5.84. The summed E-state index contributed by atoms with van der Waals surface area (Å²) >= 11 is 0. The zero-order valence-corrected chi connectivity index (χ0v) is 10.6. The first kappa shape index (κ1) is 15.0. The fourth-order valence-electron chi connectivity index (χ4n) is 1.39. The Balaban J connectivity index is 2.42. The normalized spacial score (nSPS) is 11.7. The number of ether oxygens (including phenoxy) is 1. The van der Waals surface area contributed by atoms with Crippen molar-refractivity contribution in [2.24, 2.45) is 0 Å². The molecule has 0 aliphatic carbocycles. The first-order chi connectivity index (χ1) is 9.06. The van der Waals surface area contributed by atoms with Gasteiger partial charge in [-0.1, -0.05) is 19.1 Å². The van der Waals surface area contributed by atoms with Gasteiger partial charge >= 0.3 is 5.97 Å². The van der Waals surface area contributed by atoms with E-state index in [-0.39, 0.29) is 6.61 Å².